The topological polar surface area (TPSA) is 9.23 Å². The van der Waals surface area contributed by atoms with E-state index in [0.29, 0.717) is 0 Å². The van der Waals surface area contributed by atoms with Crippen molar-refractivity contribution in [3.63, 3.8) is 0 Å². The van der Waals surface area contributed by atoms with E-state index in [1.54, 1.807) is 0 Å². The van der Waals surface area contributed by atoms with Gasteiger partial charge in [-0.1, -0.05) is 111 Å². The van der Waals surface area contributed by atoms with E-state index in [4.69, 9.17) is 4.74 Å². The minimum Gasteiger partial charge on any atom is -1.00 e. The second-order valence-electron chi connectivity index (χ2n) is 9.55. The maximum absolute atomic E-state index is 5.83. The van der Waals surface area contributed by atoms with Crippen molar-refractivity contribution < 1.29 is 28.7 Å². The van der Waals surface area contributed by atoms with Gasteiger partial charge in [-0.2, -0.15) is 0 Å². The molecule has 0 saturated carbocycles. The second kappa shape index (κ2) is 16.8. The maximum Gasteiger partial charge on any atom is 0.112 e. The van der Waals surface area contributed by atoms with Crippen LogP contribution in [0, 0.1) is 0 Å². The standard InChI is InChI=1S/C34H40OP.HI/c1(2-4-18-28-35-30-31-20-10-6-11-21-31)3-5-19-29-36(32-22-12-7-13-23-32,33-24-14-8-15-25-33)34-26-16-9-17-27-34;/h6-17,20-27H,1-5,18-19,28-30H2;1H/q+1;/p-1. The average molecular weight is 623 g/mol. The molecule has 4 aromatic carbocycles. The molecule has 0 heterocycles. The zero-order valence-electron chi connectivity index (χ0n) is 21.9. The summed E-state index contributed by atoms with van der Waals surface area (Å²) in [6, 6.07) is 44.3. The Hall–Kier alpha value is -2.00. The number of ether oxygens (including phenoxy) is 1. The lowest BCUT2D eigenvalue weighted by Crippen LogP contribution is -3.00. The first-order valence-corrected chi connectivity index (χ1v) is 15.5. The van der Waals surface area contributed by atoms with Crippen LogP contribution in [0.5, 0.6) is 0 Å². The molecule has 0 spiro atoms. The summed E-state index contributed by atoms with van der Waals surface area (Å²) in [4.78, 5) is 0. The molecule has 0 unspecified atom stereocenters. The minimum absolute atomic E-state index is 0. The molecule has 194 valence electrons. The van der Waals surface area contributed by atoms with Crippen LogP contribution >= 0.6 is 7.26 Å². The van der Waals surface area contributed by atoms with Crippen molar-refractivity contribution in [2.24, 2.45) is 0 Å². The molecule has 0 aliphatic carbocycles. The fourth-order valence-corrected chi connectivity index (χ4v) is 9.49. The van der Waals surface area contributed by atoms with Gasteiger partial charge < -0.3 is 28.7 Å². The lowest BCUT2D eigenvalue weighted by molar-refractivity contribution is -0.00000770. The SMILES string of the molecule is [I-].c1ccc(COCCCCCCCCC[P+](c2ccccc2)(c2ccccc2)c2ccccc2)cc1. The third kappa shape index (κ3) is 8.77. The highest BCUT2D eigenvalue weighted by Gasteiger charge is 2.44. The Kier molecular flexibility index (Phi) is 13.4. The predicted molar refractivity (Wildman–Crippen MR) is 158 cm³/mol. The largest absolute Gasteiger partial charge is 1.00 e. The lowest BCUT2D eigenvalue weighted by atomic mass is 10.1. The second-order valence-corrected chi connectivity index (χ2v) is 13.2. The molecule has 0 bridgehead atoms. The molecule has 0 radical (unpaired) electrons. The van der Waals surface area contributed by atoms with Gasteiger partial charge in [-0.3, -0.25) is 0 Å². The van der Waals surface area contributed by atoms with Gasteiger partial charge in [0.1, 0.15) is 23.2 Å². The van der Waals surface area contributed by atoms with Crippen LogP contribution in [0.4, 0.5) is 0 Å². The lowest BCUT2D eigenvalue weighted by Gasteiger charge is -2.27. The van der Waals surface area contributed by atoms with E-state index in [-0.39, 0.29) is 24.0 Å². The van der Waals surface area contributed by atoms with Gasteiger partial charge in [0.05, 0.1) is 12.8 Å². The fraction of sp³-hybridized carbons (Fsp3) is 0.294. The van der Waals surface area contributed by atoms with Crippen molar-refractivity contribution in [3.05, 3.63) is 127 Å². The highest BCUT2D eigenvalue weighted by molar-refractivity contribution is 7.95. The van der Waals surface area contributed by atoms with Crippen LogP contribution in [0.2, 0.25) is 0 Å². The van der Waals surface area contributed by atoms with Gasteiger partial charge in [-0.25, -0.2) is 0 Å². The third-order valence-electron chi connectivity index (χ3n) is 6.98. The number of unbranched alkanes of at least 4 members (excludes halogenated alkanes) is 6. The molecule has 0 aliphatic rings. The molecule has 0 aromatic heterocycles. The zero-order chi connectivity index (χ0) is 24.7. The summed E-state index contributed by atoms with van der Waals surface area (Å²) in [6.07, 6.45) is 10.2. The van der Waals surface area contributed by atoms with Crippen LogP contribution in [0.25, 0.3) is 0 Å². The molecule has 3 heteroatoms. The number of rotatable bonds is 15. The Labute approximate surface area is 242 Å². The summed E-state index contributed by atoms with van der Waals surface area (Å²) < 4.78 is 5.83. The predicted octanol–water partition coefficient (Wildman–Crippen LogP) is 4.93. The summed E-state index contributed by atoms with van der Waals surface area (Å²) >= 11 is 0. The van der Waals surface area contributed by atoms with Crippen LogP contribution in [0.1, 0.15) is 50.5 Å². The molecule has 0 aliphatic heterocycles. The van der Waals surface area contributed by atoms with Gasteiger partial charge in [0.25, 0.3) is 0 Å². The molecule has 0 saturated heterocycles. The highest BCUT2D eigenvalue weighted by atomic mass is 127. The van der Waals surface area contributed by atoms with Crippen LogP contribution in [-0.2, 0) is 11.3 Å². The molecule has 0 amide bonds. The summed E-state index contributed by atoms with van der Waals surface area (Å²) in [5, 5.41) is 4.49. The van der Waals surface area contributed by atoms with Crippen molar-refractivity contribution in [3.8, 4) is 0 Å². The van der Waals surface area contributed by atoms with E-state index in [1.165, 1.54) is 66.2 Å². The summed E-state index contributed by atoms with van der Waals surface area (Å²) in [7, 11) is -1.67. The Bertz CT molecular complexity index is 1010. The molecule has 0 fully saturated rings. The van der Waals surface area contributed by atoms with Crippen LogP contribution in [0.15, 0.2) is 121 Å². The van der Waals surface area contributed by atoms with E-state index >= 15 is 0 Å². The van der Waals surface area contributed by atoms with Crippen LogP contribution in [0.3, 0.4) is 0 Å². The van der Waals surface area contributed by atoms with Gasteiger partial charge in [-0.05, 0) is 61.2 Å². The van der Waals surface area contributed by atoms with Crippen LogP contribution < -0.4 is 39.9 Å². The summed E-state index contributed by atoms with van der Waals surface area (Å²) in [6.45, 7) is 1.60. The van der Waals surface area contributed by atoms with E-state index in [1.807, 2.05) is 0 Å². The number of benzene rings is 4. The third-order valence-corrected chi connectivity index (χ3v) is 11.5. The molecular formula is C34H40IOP. The Balaban J connectivity index is 0.00000380. The quantitative estimate of drug-likeness (QED) is 0.104. The van der Waals surface area contributed by atoms with E-state index in [9.17, 15) is 0 Å². The Morgan fingerprint density at radius 2 is 0.811 bits per heavy atom. The minimum atomic E-state index is -1.67. The summed E-state index contributed by atoms with van der Waals surface area (Å²) in [5.41, 5.74) is 1.26. The molecule has 37 heavy (non-hydrogen) atoms. The molecule has 1 nitrogen and oxygen atoms in total. The molecule has 4 aromatic rings. The Morgan fingerprint density at radius 3 is 1.27 bits per heavy atom. The van der Waals surface area contributed by atoms with Crippen molar-refractivity contribution in [1.82, 2.24) is 0 Å². The molecule has 4 rings (SSSR count). The van der Waals surface area contributed by atoms with Gasteiger partial charge in [0.2, 0.25) is 0 Å². The van der Waals surface area contributed by atoms with E-state index in [0.717, 1.165) is 19.6 Å². The van der Waals surface area contributed by atoms with Crippen molar-refractivity contribution in [1.29, 1.82) is 0 Å². The zero-order valence-corrected chi connectivity index (χ0v) is 24.9. The number of halogens is 1. The van der Waals surface area contributed by atoms with Gasteiger partial charge in [-0.15, -0.1) is 0 Å². The fourth-order valence-electron chi connectivity index (χ4n) is 5.08. The van der Waals surface area contributed by atoms with Crippen LogP contribution in [-0.4, -0.2) is 12.8 Å². The summed E-state index contributed by atoms with van der Waals surface area (Å²) in [5.74, 6) is 0. The first-order valence-electron chi connectivity index (χ1n) is 13.6. The Morgan fingerprint density at radius 1 is 0.432 bits per heavy atom. The molecular weight excluding hydrogens is 582 g/mol. The highest BCUT2D eigenvalue weighted by Crippen LogP contribution is 2.55. The normalized spacial score (nSPS) is 11.1. The smallest absolute Gasteiger partial charge is 0.112 e. The van der Waals surface area contributed by atoms with Crippen molar-refractivity contribution in [2.45, 2.75) is 51.6 Å². The van der Waals surface area contributed by atoms with E-state index < -0.39 is 7.26 Å². The van der Waals surface area contributed by atoms with Gasteiger partial charge >= 0.3 is 0 Å². The molecule has 0 atom stereocenters. The first-order chi connectivity index (χ1) is 17.9. The van der Waals surface area contributed by atoms with Gasteiger partial charge in [0, 0.05) is 6.61 Å². The number of hydrogen-bond donors (Lipinski definition) is 0. The average Bonchev–Trinajstić information content (AvgIpc) is 2.96. The van der Waals surface area contributed by atoms with E-state index in [2.05, 4.69) is 121 Å². The van der Waals surface area contributed by atoms with Crippen molar-refractivity contribution in [2.75, 3.05) is 12.8 Å². The van der Waals surface area contributed by atoms with Crippen molar-refractivity contribution >= 4 is 23.2 Å². The maximum atomic E-state index is 5.83. The first kappa shape index (κ1) is 29.6. The number of hydrogen-bond acceptors (Lipinski definition) is 1. The molecule has 0 N–H and O–H groups in total. The monoisotopic (exact) mass is 622 g/mol. The van der Waals surface area contributed by atoms with Gasteiger partial charge in [0.15, 0.2) is 0 Å².